The lowest BCUT2D eigenvalue weighted by Gasteiger charge is -2.35. The van der Waals surface area contributed by atoms with Gasteiger partial charge in [0.25, 0.3) is 0 Å². The molecule has 20 heavy (non-hydrogen) atoms. The first-order chi connectivity index (χ1) is 9.83. The Kier molecular flexibility index (Phi) is 4.11. The van der Waals surface area contributed by atoms with Crippen molar-refractivity contribution in [3.8, 4) is 5.75 Å². The van der Waals surface area contributed by atoms with Crippen molar-refractivity contribution in [2.75, 3.05) is 13.7 Å². The van der Waals surface area contributed by atoms with E-state index >= 15 is 0 Å². The molecule has 0 saturated heterocycles. The Morgan fingerprint density at radius 3 is 2.90 bits per heavy atom. The van der Waals surface area contributed by atoms with Gasteiger partial charge in [0.15, 0.2) is 0 Å². The summed E-state index contributed by atoms with van der Waals surface area (Å²) in [6, 6.07) is 7.03. The number of nitrogens with one attached hydrogen (secondary N) is 1. The van der Waals surface area contributed by atoms with E-state index in [9.17, 15) is 0 Å². The van der Waals surface area contributed by atoms with Gasteiger partial charge in [0.2, 0.25) is 0 Å². The first-order valence-corrected chi connectivity index (χ1v) is 7.83. The second-order valence-electron chi connectivity index (χ2n) is 6.16. The van der Waals surface area contributed by atoms with Crippen LogP contribution in [0.5, 0.6) is 5.75 Å². The number of hydrogen-bond acceptors (Lipinski definition) is 2. The lowest BCUT2D eigenvalue weighted by atomic mass is 9.77. The molecule has 1 saturated carbocycles. The van der Waals surface area contributed by atoms with Gasteiger partial charge in [-0.25, -0.2) is 0 Å². The van der Waals surface area contributed by atoms with Crippen LogP contribution in [0.1, 0.15) is 42.7 Å². The van der Waals surface area contributed by atoms with Gasteiger partial charge in [-0.2, -0.15) is 0 Å². The number of hydrogen-bond donors (Lipinski definition) is 1. The molecule has 108 valence electrons. The smallest absolute Gasteiger partial charge is 0.122 e. The zero-order valence-corrected chi connectivity index (χ0v) is 12.4. The van der Waals surface area contributed by atoms with E-state index in [1.165, 1.54) is 36.9 Å². The van der Waals surface area contributed by atoms with Crippen molar-refractivity contribution in [3.05, 3.63) is 42.0 Å². The molecule has 2 nitrogen and oxygen atoms in total. The summed E-state index contributed by atoms with van der Waals surface area (Å²) in [5.41, 5.74) is 2.87. The molecule has 1 fully saturated rings. The predicted molar refractivity (Wildman–Crippen MR) is 83.4 cm³/mol. The van der Waals surface area contributed by atoms with E-state index in [1.807, 2.05) is 0 Å². The Morgan fingerprint density at radius 1 is 1.35 bits per heavy atom. The average Bonchev–Trinajstić information content (AvgIpc) is 3.30. The quantitative estimate of drug-likeness (QED) is 0.797. The molecule has 2 aliphatic carbocycles. The molecular weight excluding hydrogens is 246 g/mol. The third kappa shape index (κ3) is 2.76. The van der Waals surface area contributed by atoms with Crippen LogP contribution in [0.4, 0.5) is 0 Å². The molecule has 1 aromatic carbocycles. The van der Waals surface area contributed by atoms with Crippen molar-refractivity contribution >= 4 is 0 Å². The van der Waals surface area contributed by atoms with Crippen molar-refractivity contribution in [1.29, 1.82) is 0 Å². The number of methoxy groups -OCH3 is 1. The van der Waals surface area contributed by atoms with Gasteiger partial charge < -0.3 is 10.1 Å². The van der Waals surface area contributed by atoms with Gasteiger partial charge in [0.05, 0.1) is 7.11 Å². The molecule has 1 aromatic rings. The second-order valence-corrected chi connectivity index (χ2v) is 6.16. The first kappa shape index (κ1) is 13.7. The first-order valence-electron chi connectivity index (χ1n) is 7.83. The lowest BCUT2D eigenvalue weighted by molar-refractivity contribution is 0.356. The molecule has 0 bridgehead atoms. The highest BCUT2D eigenvalue weighted by Gasteiger charge is 2.32. The van der Waals surface area contributed by atoms with Crippen LogP contribution in [-0.2, 0) is 6.42 Å². The van der Waals surface area contributed by atoms with Gasteiger partial charge in [-0.05, 0) is 56.2 Å². The number of allylic oxidation sites excluding steroid dienone is 1. The Labute approximate surface area is 122 Å². The fourth-order valence-electron chi connectivity index (χ4n) is 3.47. The third-order valence-electron chi connectivity index (χ3n) is 4.74. The van der Waals surface area contributed by atoms with Gasteiger partial charge in [-0.1, -0.05) is 18.2 Å². The standard InChI is InChI=1S/C18H25NO/c1-3-5-15-16(19-12-13-8-9-13)11-10-14-6-4-7-17(20-2)18(14)15/h3-4,6-7,13,15-16,19H,1,5,8-12H2,2H3/t15-,16+/m0/s1. The van der Waals surface area contributed by atoms with Crippen molar-refractivity contribution in [2.24, 2.45) is 5.92 Å². The van der Waals surface area contributed by atoms with E-state index in [-0.39, 0.29) is 0 Å². The third-order valence-corrected chi connectivity index (χ3v) is 4.74. The maximum Gasteiger partial charge on any atom is 0.122 e. The molecule has 0 radical (unpaired) electrons. The zero-order chi connectivity index (χ0) is 13.9. The van der Waals surface area contributed by atoms with Crippen LogP contribution in [0.15, 0.2) is 30.9 Å². The van der Waals surface area contributed by atoms with Crippen molar-refractivity contribution in [1.82, 2.24) is 5.32 Å². The molecule has 2 heteroatoms. The second kappa shape index (κ2) is 6.01. The normalized spacial score (nSPS) is 25.1. The average molecular weight is 271 g/mol. The number of rotatable bonds is 6. The minimum absolute atomic E-state index is 0.506. The van der Waals surface area contributed by atoms with Crippen LogP contribution < -0.4 is 10.1 Å². The van der Waals surface area contributed by atoms with Crippen molar-refractivity contribution in [3.63, 3.8) is 0 Å². The summed E-state index contributed by atoms with van der Waals surface area (Å²) in [7, 11) is 1.78. The minimum Gasteiger partial charge on any atom is -0.496 e. The van der Waals surface area contributed by atoms with E-state index < -0.39 is 0 Å². The maximum atomic E-state index is 5.61. The van der Waals surface area contributed by atoms with Crippen LogP contribution in [0.3, 0.4) is 0 Å². The molecular formula is C18H25NO. The lowest BCUT2D eigenvalue weighted by Crippen LogP contribution is -2.39. The summed E-state index contributed by atoms with van der Waals surface area (Å²) < 4.78 is 5.61. The molecule has 0 aromatic heterocycles. The fourth-order valence-corrected chi connectivity index (χ4v) is 3.47. The van der Waals surface area contributed by atoms with Crippen molar-refractivity contribution < 1.29 is 4.74 Å². The van der Waals surface area contributed by atoms with Gasteiger partial charge in [0.1, 0.15) is 5.75 Å². The Balaban J connectivity index is 1.85. The highest BCUT2D eigenvalue weighted by Crippen LogP contribution is 2.40. The monoisotopic (exact) mass is 271 g/mol. The number of fused-ring (bicyclic) bond motifs is 1. The van der Waals surface area contributed by atoms with Crippen LogP contribution in [0, 0.1) is 5.92 Å². The fraction of sp³-hybridized carbons (Fsp3) is 0.556. The van der Waals surface area contributed by atoms with E-state index in [0.717, 1.165) is 24.5 Å². The largest absolute Gasteiger partial charge is 0.496 e. The summed E-state index contributed by atoms with van der Waals surface area (Å²) in [5.74, 6) is 2.48. The molecule has 1 N–H and O–H groups in total. The summed E-state index contributed by atoms with van der Waals surface area (Å²) in [5, 5.41) is 3.81. The van der Waals surface area contributed by atoms with E-state index in [0.29, 0.717) is 12.0 Å². The molecule has 2 atom stereocenters. The van der Waals surface area contributed by atoms with Crippen LogP contribution in [0.2, 0.25) is 0 Å². The van der Waals surface area contributed by atoms with Crippen LogP contribution in [-0.4, -0.2) is 19.7 Å². The predicted octanol–water partition coefficient (Wildman–Crippen LogP) is 3.67. The van der Waals surface area contributed by atoms with E-state index in [4.69, 9.17) is 4.74 Å². The summed E-state index contributed by atoms with van der Waals surface area (Å²) in [6.45, 7) is 5.14. The van der Waals surface area contributed by atoms with Crippen LogP contribution >= 0.6 is 0 Å². The highest BCUT2D eigenvalue weighted by atomic mass is 16.5. The Bertz CT molecular complexity index is 464. The zero-order valence-electron chi connectivity index (χ0n) is 12.4. The molecule has 0 heterocycles. The minimum atomic E-state index is 0.506. The molecule has 0 unspecified atom stereocenters. The van der Waals surface area contributed by atoms with Gasteiger partial charge >= 0.3 is 0 Å². The highest BCUT2D eigenvalue weighted by molar-refractivity contribution is 5.45. The molecule has 0 aliphatic heterocycles. The molecule has 3 rings (SSSR count). The SMILES string of the molecule is C=CC[C@@H]1c2c(cccc2OC)CC[C@H]1NCC1CC1. The molecule has 0 amide bonds. The number of aryl methyl sites for hydroxylation is 1. The molecule has 0 spiro atoms. The maximum absolute atomic E-state index is 5.61. The van der Waals surface area contributed by atoms with E-state index in [2.05, 4.69) is 36.2 Å². The summed E-state index contributed by atoms with van der Waals surface area (Å²) in [4.78, 5) is 0. The van der Waals surface area contributed by atoms with E-state index in [1.54, 1.807) is 7.11 Å². The Morgan fingerprint density at radius 2 is 2.20 bits per heavy atom. The van der Waals surface area contributed by atoms with Crippen LogP contribution in [0.25, 0.3) is 0 Å². The van der Waals surface area contributed by atoms with Crippen molar-refractivity contribution in [2.45, 2.75) is 44.1 Å². The molecule has 2 aliphatic rings. The van der Waals surface area contributed by atoms with Gasteiger partial charge in [-0.15, -0.1) is 6.58 Å². The topological polar surface area (TPSA) is 21.3 Å². The van der Waals surface area contributed by atoms with Gasteiger partial charge in [0, 0.05) is 17.5 Å². The summed E-state index contributed by atoms with van der Waals surface area (Å²) in [6.07, 6.45) is 8.28. The number of ether oxygens (including phenoxy) is 1. The number of benzene rings is 1. The Hall–Kier alpha value is -1.28. The summed E-state index contributed by atoms with van der Waals surface area (Å²) >= 11 is 0. The van der Waals surface area contributed by atoms with Gasteiger partial charge in [-0.3, -0.25) is 0 Å².